The maximum atomic E-state index is 12.1. The molecule has 8 nitrogen and oxygen atoms in total. The van der Waals surface area contributed by atoms with E-state index in [0.29, 0.717) is 11.5 Å². The molecular weight excluding hydrogens is 382 g/mol. The van der Waals surface area contributed by atoms with E-state index in [9.17, 15) is 14.9 Å². The Balaban J connectivity index is 1.97. The fourth-order valence-electron chi connectivity index (χ4n) is 2.44. The second kappa shape index (κ2) is 9.65. The number of para-hydroxylation sites is 1. The first-order valence-corrected chi connectivity index (χ1v) is 8.87. The van der Waals surface area contributed by atoms with Crippen LogP contribution in [0.4, 0.5) is 11.4 Å². The van der Waals surface area contributed by atoms with Crippen LogP contribution in [0.3, 0.4) is 0 Å². The fraction of sp³-hybridized carbons (Fsp3) is 0.263. The lowest BCUT2D eigenvalue weighted by Crippen LogP contribution is -2.37. The van der Waals surface area contributed by atoms with E-state index in [-0.39, 0.29) is 29.0 Å². The van der Waals surface area contributed by atoms with Crippen molar-refractivity contribution in [2.24, 2.45) is 0 Å². The van der Waals surface area contributed by atoms with Crippen LogP contribution >= 0.6 is 12.2 Å². The van der Waals surface area contributed by atoms with E-state index in [0.717, 1.165) is 5.56 Å². The lowest BCUT2D eigenvalue weighted by Gasteiger charge is -2.14. The third-order valence-electron chi connectivity index (χ3n) is 3.80. The maximum Gasteiger partial charge on any atom is 0.296 e. The summed E-state index contributed by atoms with van der Waals surface area (Å²) in [4.78, 5) is 22.7. The Bertz CT molecular complexity index is 886. The summed E-state index contributed by atoms with van der Waals surface area (Å²) in [6.07, 6.45) is 0. The SMILES string of the molecule is COc1ccc(NC(=S)NC(=O)COc2ccccc2C(C)C)c([N+](=O)[O-])c1. The number of nitrogens with one attached hydrogen (secondary N) is 2. The molecule has 2 aromatic carbocycles. The van der Waals surface area contributed by atoms with Crippen LogP contribution in [0.25, 0.3) is 0 Å². The number of hydrogen-bond acceptors (Lipinski definition) is 6. The largest absolute Gasteiger partial charge is 0.496 e. The lowest BCUT2D eigenvalue weighted by atomic mass is 10.0. The molecule has 0 unspecified atom stereocenters. The van der Waals surface area contributed by atoms with E-state index in [2.05, 4.69) is 10.6 Å². The van der Waals surface area contributed by atoms with Gasteiger partial charge < -0.3 is 14.8 Å². The van der Waals surface area contributed by atoms with Crippen molar-refractivity contribution in [3.8, 4) is 11.5 Å². The van der Waals surface area contributed by atoms with Crippen molar-refractivity contribution < 1.29 is 19.2 Å². The van der Waals surface area contributed by atoms with Crippen LogP contribution in [-0.4, -0.2) is 29.7 Å². The van der Waals surface area contributed by atoms with Crippen LogP contribution in [0, 0.1) is 10.1 Å². The Morgan fingerprint density at radius 3 is 2.61 bits per heavy atom. The molecule has 0 bridgehead atoms. The number of nitro benzene ring substituents is 1. The molecule has 9 heteroatoms. The molecule has 0 saturated carbocycles. The summed E-state index contributed by atoms with van der Waals surface area (Å²) in [7, 11) is 1.41. The van der Waals surface area contributed by atoms with E-state index < -0.39 is 10.8 Å². The van der Waals surface area contributed by atoms with E-state index in [1.54, 1.807) is 12.1 Å². The zero-order chi connectivity index (χ0) is 20.7. The number of benzene rings is 2. The predicted molar refractivity (Wildman–Crippen MR) is 110 cm³/mol. The van der Waals surface area contributed by atoms with Gasteiger partial charge in [-0.05, 0) is 41.9 Å². The molecule has 2 aromatic rings. The first kappa shape index (κ1) is 21.1. The number of hydrogen-bond donors (Lipinski definition) is 2. The highest BCUT2D eigenvalue weighted by Crippen LogP contribution is 2.29. The van der Waals surface area contributed by atoms with Crippen LogP contribution in [0.2, 0.25) is 0 Å². The van der Waals surface area contributed by atoms with Crippen LogP contribution in [0.1, 0.15) is 25.3 Å². The number of carbonyl (C=O) groups excluding carboxylic acids is 1. The van der Waals surface area contributed by atoms with Crippen molar-refractivity contribution in [1.29, 1.82) is 0 Å². The van der Waals surface area contributed by atoms with E-state index >= 15 is 0 Å². The Morgan fingerprint density at radius 1 is 1.25 bits per heavy atom. The third-order valence-corrected chi connectivity index (χ3v) is 4.01. The molecule has 0 aliphatic heterocycles. The Morgan fingerprint density at radius 2 is 1.96 bits per heavy atom. The highest BCUT2D eigenvalue weighted by atomic mass is 32.1. The van der Waals surface area contributed by atoms with Gasteiger partial charge in [0.15, 0.2) is 11.7 Å². The molecule has 0 heterocycles. The summed E-state index contributed by atoms with van der Waals surface area (Å²) in [5.41, 5.74) is 0.907. The summed E-state index contributed by atoms with van der Waals surface area (Å²) in [5, 5.41) is 16.2. The number of thiocarbonyl (C=S) groups is 1. The number of rotatable bonds is 7. The number of nitrogens with zero attached hydrogens (tertiary/aromatic N) is 1. The van der Waals surface area contributed by atoms with Crippen molar-refractivity contribution in [2.45, 2.75) is 19.8 Å². The average molecular weight is 403 g/mol. The van der Waals surface area contributed by atoms with Crippen LogP contribution in [-0.2, 0) is 4.79 Å². The topological polar surface area (TPSA) is 103 Å². The van der Waals surface area contributed by atoms with Gasteiger partial charge in [0.25, 0.3) is 11.6 Å². The minimum atomic E-state index is -0.568. The van der Waals surface area contributed by atoms with Gasteiger partial charge in [-0.1, -0.05) is 32.0 Å². The highest BCUT2D eigenvalue weighted by molar-refractivity contribution is 7.80. The number of anilines is 1. The zero-order valence-corrected chi connectivity index (χ0v) is 16.5. The summed E-state index contributed by atoms with van der Waals surface area (Å²) in [6.45, 7) is 3.82. The summed E-state index contributed by atoms with van der Waals surface area (Å²) in [6, 6.07) is 11.7. The van der Waals surface area contributed by atoms with Crippen molar-refractivity contribution >= 4 is 34.6 Å². The van der Waals surface area contributed by atoms with Gasteiger partial charge in [0.2, 0.25) is 0 Å². The first-order valence-electron chi connectivity index (χ1n) is 8.46. The number of carbonyl (C=O) groups is 1. The van der Waals surface area contributed by atoms with Gasteiger partial charge in [-0.2, -0.15) is 0 Å². The Labute approximate surface area is 168 Å². The summed E-state index contributed by atoms with van der Waals surface area (Å²) >= 11 is 5.07. The molecule has 1 amide bonds. The lowest BCUT2D eigenvalue weighted by molar-refractivity contribution is -0.384. The van der Waals surface area contributed by atoms with Gasteiger partial charge in [-0.25, -0.2) is 0 Å². The fourth-order valence-corrected chi connectivity index (χ4v) is 2.67. The van der Waals surface area contributed by atoms with Crippen LogP contribution < -0.4 is 20.1 Å². The normalized spacial score (nSPS) is 10.3. The molecule has 0 spiro atoms. The monoisotopic (exact) mass is 403 g/mol. The number of amides is 1. The van der Waals surface area contributed by atoms with Crippen LogP contribution in [0.15, 0.2) is 42.5 Å². The van der Waals surface area contributed by atoms with Gasteiger partial charge >= 0.3 is 0 Å². The first-order chi connectivity index (χ1) is 13.3. The standard InChI is InChI=1S/C19H21N3O5S/c1-12(2)14-6-4-5-7-17(14)27-11-18(23)21-19(28)20-15-9-8-13(26-3)10-16(15)22(24)25/h4-10,12H,11H2,1-3H3,(H2,20,21,23,28). The maximum absolute atomic E-state index is 12.1. The smallest absolute Gasteiger partial charge is 0.296 e. The average Bonchev–Trinajstić information content (AvgIpc) is 2.66. The van der Waals surface area contributed by atoms with Gasteiger partial charge in [0.1, 0.15) is 17.2 Å². The molecule has 0 atom stereocenters. The molecule has 2 N–H and O–H groups in total. The molecule has 0 fully saturated rings. The van der Waals surface area contributed by atoms with Gasteiger partial charge in [-0.3, -0.25) is 20.2 Å². The number of ether oxygens (including phenoxy) is 2. The molecule has 0 aromatic heterocycles. The third kappa shape index (κ3) is 5.65. The highest BCUT2D eigenvalue weighted by Gasteiger charge is 2.17. The molecule has 0 saturated heterocycles. The van der Waals surface area contributed by atoms with E-state index in [1.165, 1.54) is 19.2 Å². The minimum absolute atomic E-state index is 0.0704. The minimum Gasteiger partial charge on any atom is -0.496 e. The van der Waals surface area contributed by atoms with E-state index in [4.69, 9.17) is 21.7 Å². The second-order valence-electron chi connectivity index (χ2n) is 6.12. The van der Waals surface area contributed by atoms with Gasteiger partial charge in [-0.15, -0.1) is 0 Å². The van der Waals surface area contributed by atoms with Crippen LogP contribution in [0.5, 0.6) is 11.5 Å². The Kier molecular flexibility index (Phi) is 7.28. The van der Waals surface area contributed by atoms with Crippen molar-refractivity contribution in [3.63, 3.8) is 0 Å². The molecule has 0 aliphatic rings. The van der Waals surface area contributed by atoms with Crippen molar-refractivity contribution in [1.82, 2.24) is 5.32 Å². The molecule has 0 radical (unpaired) electrons. The van der Waals surface area contributed by atoms with Crippen molar-refractivity contribution in [2.75, 3.05) is 19.0 Å². The summed E-state index contributed by atoms with van der Waals surface area (Å²) in [5.74, 6) is 0.728. The Hall–Kier alpha value is -3.20. The van der Waals surface area contributed by atoms with Gasteiger partial charge in [0.05, 0.1) is 18.1 Å². The quantitative estimate of drug-likeness (QED) is 0.413. The molecular formula is C19H21N3O5S. The predicted octanol–water partition coefficient (Wildman–Crippen LogP) is 3.62. The van der Waals surface area contributed by atoms with Gasteiger partial charge in [0, 0.05) is 0 Å². The molecule has 2 rings (SSSR count). The summed E-state index contributed by atoms with van der Waals surface area (Å²) < 4.78 is 10.6. The van der Waals surface area contributed by atoms with E-state index in [1.807, 2.05) is 32.0 Å². The second-order valence-corrected chi connectivity index (χ2v) is 6.53. The molecule has 28 heavy (non-hydrogen) atoms. The zero-order valence-electron chi connectivity index (χ0n) is 15.7. The number of nitro groups is 1. The molecule has 148 valence electrons. The number of methoxy groups -OCH3 is 1. The molecule has 0 aliphatic carbocycles. The van der Waals surface area contributed by atoms with Crippen molar-refractivity contribution in [3.05, 3.63) is 58.1 Å².